The molecule has 2 nitrogen and oxygen atoms in total. The average molecular weight is 353 g/mol. The lowest BCUT2D eigenvalue weighted by atomic mass is 10.1. The molecule has 2 aromatic heterocycles. The molecule has 0 saturated carbocycles. The predicted octanol–water partition coefficient (Wildman–Crippen LogP) is 4.49. The summed E-state index contributed by atoms with van der Waals surface area (Å²) in [4.78, 5) is 5.12. The molecule has 90 valence electrons. The van der Waals surface area contributed by atoms with Crippen molar-refractivity contribution in [2.24, 2.45) is 0 Å². The van der Waals surface area contributed by atoms with Crippen molar-refractivity contribution in [3.63, 3.8) is 0 Å². The minimum absolute atomic E-state index is 0.387. The first-order valence-electron chi connectivity index (χ1n) is 4.79. The van der Waals surface area contributed by atoms with Crippen LogP contribution in [0.5, 0.6) is 0 Å². The van der Waals surface area contributed by atoms with Gasteiger partial charge in [0.05, 0.1) is 15.7 Å². The van der Waals surface area contributed by atoms with Crippen LogP contribution in [0.15, 0.2) is 28.2 Å². The molecule has 2 rings (SSSR count). The number of aliphatic hydroxyl groups excluding tert-OH is 1. The highest BCUT2D eigenvalue weighted by Gasteiger charge is 2.16. The quantitative estimate of drug-likeness (QED) is 0.882. The number of aliphatic hydroxyl groups is 1. The summed E-state index contributed by atoms with van der Waals surface area (Å²) < 4.78 is 0.992. The second-order valence-electron chi connectivity index (χ2n) is 3.43. The summed E-state index contributed by atoms with van der Waals surface area (Å²) in [6.45, 7) is 0. The van der Waals surface area contributed by atoms with Gasteiger partial charge in [0, 0.05) is 22.0 Å². The van der Waals surface area contributed by atoms with E-state index in [0.29, 0.717) is 22.2 Å². The van der Waals surface area contributed by atoms with E-state index in [4.69, 9.17) is 23.2 Å². The number of aromatic nitrogens is 1. The van der Waals surface area contributed by atoms with E-state index < -0.39 is 6.10 Å². The van der Waals surface area contributed by atoms with Gasteiger partial charge in [-0.2, -0.15) is 0 Å². The van der Waals surface area contributed by atoms with Crippen LogP contribution < -0.4 is 0 Å². The molecule has 1 atom stereocenters. The van der Waals surface area contributed by atoms with Crippen LogP contribution in [0.4, 0.5) is 0 Å². The van der Waals surface area contributed by atoms with Crippen molar-refractivity contribution in [2.45, 2.75) is 12.5 Å². The molecule has 17 heavy (non-hydrogen) atoms. The maximum absolute atomic E-state index is 10.1. The van der Waals surface area contributed by atoms with Gasteiger partial charge in [-0.25, -0.2) is 0 Å². The smallest absolute Gasteiger partial charge is 0.102 e. The zero-order chi connectivity index (χ0) is 12.4. The highest BCUT2D eigenvalue weighted by atomic mass is 79.9. The third-order valence-electron chi connectivity index (χ3n) is 2.22. The molecule has 0 spiro atoms. The van der Waals surface area contributed by atoms with E-state index in [2.05, 4.69) is 20.9 Å². The number of hydrogen-bond donors (Lipinski definition) is 1. The molecule has 2 aromatic rings. The van der Waals surface area contributed by atoms with Crippen molar-refractivity contribution in [3.8, 4) is 0 Å². The lowest BCUT2D eigenvalue weighted by molar-refractivity contribution is 0.174. The van der Waals surface area contributed by atoms with E-state index >= 15 is 0 Å². The Hall–Kier alpha value is -0.130. The Morgan fingerprint density at radius 2 is 2.24 bits per heavy atom. The maximum Gasteiger partial charge on any atom is 0.102 e. The lowest BCUT2D eigenvalue weighted by Gasteiger charge is -2.11. The summed E-state index contributed by atoms with van der Waals surface area (Å²) in [5.74, 6) is 0. The average Bonchev–Trinajstić information content (AvgIpc) is 2.64. The predicted molar refractivity (Wildman–Crippen MR) is 74.9 cm³/mol. The van der Waals surface area contributed by atoms with E-state index in [1.54, 1.807) is 17.4 Å². The number of nitrogens with zero attached hydrogens (tertiary/aromatic N) is 1. The summed E-state index contributed by atoms with van der Waals surface area (Å²) in [5, 5.41) is 12.9. The van der Waals surface area contributed by atoms with Crippen molar-refractivity contribution in [3.05, 3.63) is 48.8 Å². The van der Waals surface area contributed by atoms with Crippen LogP contribution in [0.1, 0.15) is 16.7 Å². The maximum atomic E-state index is 10.1. The Morgan fingerprint density at radius 3 is 2.82 bits per heavy atom. The lowest BCUT2D eigenvalue weighted by Crippen LogP contribution is -2.04. The minimum atomic E-state index is -0.727. The molecule has 0 aliphatic carbocycles. The molecule has 0 aliphatic heterocycles. The number of rotatable bonds is 3. The summed E-state index contributed by atoms with van der Waals surface area (Å²) in [7, 11) is 0. The van der Waals surface area contributed by atoms with Crippen LogP contribution in [0, 0.1) is 0 Å². The van der Waals surface area contributed by atoms with Gasteiger partial charge in [0.15, 0.2) is 0 Å². The van der Waals surface area contributed by atoms with Gasteiger partial charge in [0.2, 0.25) is 0 Å². The van der Waals surface area contributed by atoms with Crippen LogP contribution in [0.3, 0.4) is 0 Å². The van der Waals surface area contributed by atoms with Crippen LogP contribution in [0.25, 0.3) is 0 Å². The van der Waals surface area contributed by atoms with Gasteiger partial charge in [-0.05, 0) is 33.4 Å². The van der Waals surface area contributed by atoms with Crippen LogP contribution >= 0.6 is 50.5 Å². The Labute approximate surface area is 121 Å². The van der Waals surface area contributed by atoms with Crippen molar-refractivity contribution in [1.82, 2.24) is 4.98 Å². The third kappa shape index (κ3) is 3.20. The van der Waals surface area contributed by atoms with Gasteiger partial charge in [0.1, 0.15) is 6.10 Å². The van der Waals surface area contributed by atoms with E-state index in [0.717, 1.165) is 9.35 Å². The van der Waals surface area contributed by atoms with Crippen molar-refractivity contribution in [1.29, 1.82) is 0 Å². The first-order chi connectivity index (χ1) is 8.08. The highest BCUT2D eigenvalue weighted by molar-refractivity contribution is 9.10. The molecular formula is C11H8BrCl2NOS. The zero-order valence-electron chi connectivity index (χ0n) is 8.53. The van der Waals surface area contributed by atoms with Crippen molar-refractivity contribution >= 4 is 50.5 Å². The normalized spacial score (nSPS) is 12.7. The fourth-order valence-electron chi connectivity index (χ4n) is 1.41. The van der Waals surface area contributed by atoms with E-state index in [1.807, 2.05) is 11.4 Å². The van der Waals surface area contributed by atoms with E-state index in [9.17, 15) is 5.11 Å². The number of hydrogen-bond acceptors (Lipinski definition) is 3. The number of thiophene rings is 1. The number of pyridine rings is 1. The van der Waals surface area contributed by atoms with Crippen LogP contribution in [0.2, 0.25) is 10.0 Å². The Bertz CT molecular complexity index is 532. The fourth-order valence-corrected chi connectivity index (χ4v) is 3.47. The molecule has 2 heterocycles. The molecule has 0 saturated heterocycles. The van der Waals surface area contributed by atoms with Gasteiger partial charge in [0.25, 0.3) is 0 Å². The standard InChI is InChI=1S/C11H8BrCl2NOS/c12-7-1-2-17-10(7)4-9(16)11-8(14)3-6(13)5-15-11/h1-3,5,9,16H,4H2. The number of halogens is 3. The first kappa shape index (κ1) is 13.3. The topological polar surface area (TPSA) is 33.1 Å². The third-order valence-corrected chi connectivity index (χ3v) is 4.68. The van der Waals surface area contributed by atoms with Crippen LogP contribution in [-0.2, 0) is 6.42 Å². The Balaban J connectivity index is 2.20. The van der Waals surface area contributed by atoms with Crippen molar-refractivity contribution in [2.75, 3.05) is 0 Å². The second kappa shape index (κ2) is 5.67. The largest absolute Gasteiger partial charge is 0.386 e. The Kier molecular flexibility index (Phi) is 4.44. The molecule has 0 aromatic carbocycles. The molecule has 0 radical (unpaired) electrons. The molecule has 0 fully saturated rings. The minimum Gasteiger partial charge on any atom is -0.386 e. The zero-order valence-corrected chi connectivity index (χ0v) is 12.4. The highest BCUT2D eigenvalue weighted by Crippen LogP contribution is 2.30. The van der Waals surface area contributed by atoms with Gasteiger partial charge in [-0.3, -0.25) is 4.98 Å². The second-order valence-corrected chi connectivity index (χ2v) is 6.13. The van der Waals surface area contributed by atoms with Gasteiger partial charge in [-0.1, -0.05) is 23.2 Å². The van der Waals surface area contributed by atoms with Gasteiger partial charge >= 0.3 is 0 Å². The first-order valence-corrected chi connectivity index (χ1v) is 7.21. The molecule has 1 N–H and O–H groups in total. The molecule has 0 amide bonds. The van der Waals surface area contributed by atoms with Gasteiger partial charge < -0.3 is 5.11 Å². The Morgan fingerprint density at radius 1 is 1.47 bits per heavy atom. The summed E-state index contributed by atoms with van der Waals surface area (Å²) in [5.41, 5.74) is 0.455. The molecular weight excluding hydrogens is 345 g/mol. The van der Waals surface area contributed by atoms with Crippen molar-refractivity contribution < 1.29 is 5.11 Å². The molecule has 1 unspecified atom stereocenters. The summed E-state index contributed by atoms with van der Waals surface area (Å²) in [6, 6.07) is 3.53. The SMILES string of the molecule is OC(Cc1sccc1Br)c1ncc(Cl)cc1Cl. The molecule has 0 bridgehead atoms. The fraction of sp³-hybridized carbons (Fsp3) is 0.182. The molecule has 0 aliphatic rings. The van der Waals surface area contributed by atoms with E-state index in [1.165, 1.54) is 6.20 Å². The van der Waals surface area contributed by atoms with E-state index in [-0.39, 0.29) is 0 Å². The summed E-state index contributed by atoms with van der Waals surface area (Å²) in [6.07, 6.45) is 1.23. The van der Waals surface area contributed by atoms with Crippen LogP contribution in [-0.4, -0.2) is 10.1 Å². The molecule has 6 heteroatoms. The summed E-state index contributed by atoms with van der Waals surface area (Å²) >= 11 is 16.7. The van der Waals surface area contributed by atoms with Gasteiger partial charge in [-0.15, -0.1) is 11.3 Å². The monoisotopic (exact) mass is 351 g/mol.